The Balaban J connectivity index is 1.99. The number of carbonyl (C=O) groups is 2. The summed E-state index contributed by atoms with van der Waals surface area (Å²) in [4.78, 5) is 24.1. The van der Waals surface area contributed by atoms with Crippen molar-refractivity contribution >= 4 is 17.6 Å². The molecule has 0 radical (unpaired) electrons. The number of carbonyl (C=O) groups excluding carboxylic acids is 2. The quantitative estimate of drug-likeness (QED) is 0.878. The monoisotopic (exact) mass is 302 g/mol. The molecule has 1 aromatic heterocycles. The molecule has 2 rings (SSSR count). The van der Waals surface area contributed by atoms with E-state index in [4.69, 9.17) is 9.26 Å². The maximum absolute atomic E-state index is 12.1. The summed E-state index contributed by atoms with van der Waals surface area (Å²) < 4.78 is 10.1. The van der Waals surface area contributed by atoms with Crippen LogP contribution in [0.3, 0.4) is 0 Å². The summed E-state index contributed by atoms with van der Waals surface area (Å²) in [7, 11) is 0. The molecule has 6 heteroatoms. The molecule has 0 aliphatic heterocycles. The third-order valence-corrected chi connectivity index (χ3v) is 3.21. The number of hydrogen-bond donors (Lipinski definition) is 1. The molecule has 1 atom stereocenters. The highest BCUT2D eigenvalue weighted by molar-refractivity contribution is 5.97. The van der Waals surface area contributed by atoms with Crippen LogP contribution in [0.1, 0.15) is 34.3 Å². The van der Waals surface area contributed by atoms with Crippen molar-refractivity contribution in [3.05, 3.63) is 46.8 Å². The number of ether oxygens (including phenoxy) is 1. The summed E-state index contributed by atoms with van der Waals surface area (Å²) in [5, 5.41) is 6.38. The van der Waals surface area contributed by atoms with Crippen molar-refractivity contribution in [2.75, 3.05) is 5.32 Å². The Bertz CT molecular complexity index is 669. The minimum Gasteiger partial charge on any atom is -0.449 e. The first-order valence-corrected chi connectivity index (χ1v) is 6.90. The van der Waals surface area contributed by atoms with Gasteiger partial charge in [-0.05, 0) is 39.8 Å². The van der Waals surface area contributed by atoms with Gasteiger partial charge >= 0.3 is 5.97 Å². The highest BCUT2D eigenvalue weighted by atomic mass is 16.5. The van der Waals surface area contributed by atoms with Crippen LogP contribution in [0.15, 0.2) is 28.8 Å². The molecule has 1 N–H and O–H groups in total. The van der Waals surface area contributed by atoms with Crippen LogP contribution in [0.25, 0.3) is 0 Å². The molecular formula is C16H18N2O4. The molecule has 1 heterocycles. The molecular weight excluding hydrogens is 284 g/mol. The molecule has 0 aliphatic rings. The molecule has 22 heavy (non-hydrogen) atoms. The zero-order valence-corrected chi connectivity index (χ0v) is 13.0. The van der Waals surface area contributed by atoms with E-state index in [-0.39, 0.29) is 5.56 Å². The second-order valence-corrected chi connectivity index (χ2v) is 5.10. The van der Waals surface area contributed by atoms with Crippen molar-refractivity contribution in [3.63, 3.8) is 0 Å². The Labute approximate surface area is 128 Å². The lowest BCUT2D eigenvalue weighted by Crippen LogP contribution is -2.30. The lowest BCUT2D eigenvalue weighted by Gasteiger charge is -2.13. The van der Waals surface area contributed by atoms with Crippen molar-refractivity contribution in [2.24, 2.45) is 0 Å². The van der Waals surface area contributed by atoms with Crippen LogP contribution in [-0.2, 0) is 9.53 Å². The van der Waals surface area contributed by atoms with Crippen molar-refractivity contribution in [1.82, 2.24) is 5.16 Å². The van der Waals surface area contributed by atoms with Crippen molar-refractivity contribution in [1.29, 1.82) is 0 Å². The number of aryl methyl sites for hydroxylation is 3. The summed E-state index contributed by atoms with van der Waals surface area (Å²) in [5.41, 5.74) is 2.44. The molecule has 0 aliphatic carbocycles. The Morgan fingerprint density at radius 2 is 1.82 bits per heavy atom. The van der Waals surface area contributed by atoms with Crippen LogP contribution in [0.4, 0.5) is 5.69 Å². The fraction of sp³-hybridized carbons (Fsp3) is 0.312. The molecule has 0 bridgehead atoms. The molecule has 2 aromatic rings. The van der Waals surface area contributed by atoms with Crippen LogP contribution < -0.4 is 5.32 Å². The van der Waals surface area contributed by atoms with E-state index in [1.165, 1.54) is 6.92 Å². The molecule has 0 unspecified atom stereocenters. The lowest BCUT2D eigenvalue weighted by atomic mass is 10.2. The van der Waals surface area contributed by atoms with Gasteiger partial charge in [0.05, 0.1) is 5.69 Å². The molecule has 6 nitrogen and oxygen atoms in total. The van der Waals surface area contributed by atoms with Crippen molar-refractivity contribution in [3.8, 4) is 0 Å². The van der Waals surface area contributed by atoms with E-state index in [0.717, 1.165) is 5.56 Å². The maximum atomic E-state index is 12.1. The van der Waals surface area contributed by atoms with Gasteiger partial charge in [-0.3, -0.25) is 4.79 Å². The number of aromatic nitrogens is 1. The number of esters is 1. The SMILES string of the molecule is Cc1ccc(NC(=O)[C@@H](C)OC(=O)c2c(C)noc2C)cc1. The summed E-state index contributed by atoms with van der Waals surface area (Å²) in [6, 6.07) is 7.35. The van der Waals surface area contributed by atoms with Gasteiger partial charge in [0.1, 0.15) is 11.3 Å². The summed E-state index contributed by atoms with van der Waals surface area (Å²) in [6.07, 6.45) is -0.928. The van der Waals surface area contributed by atoms with Gasteiger partial charge in [0.15, 0.2) is 6.10 Å². The van der Waals surface area contributed by atoms with Crippen LogP contribution in [0, 0.1) is 20.8 Å². The summed E-state index contributed by atoms with van der Waals surface area (Å²) >= 11 is 0. The van der Waals surface area contributed by atoms with Gasteiger partial charge in [-0.15, -0.1) is 0 Å². The van der Waals surface area contributed by atoms with E-state index in [0.29, 0.717) is 17.1 Å². The van der Waals surface area contributed by atoms with E-state index < -0.39 is 18.0 Å². The average Bonchev–Trinajstić information content (AvgIpc) is 2.80. The lowest BCUT2D eigenvalue weighted by molar-refractivity contribution is -0.123. The van der Waals surface area contributed by atoms with Gasteiger partial charge in [0, 0.05) is 5.69 Å². The minimum atomic E-state index is -0.928. The van der Waals surface area contributed by atoms with Gasteiger partial charge < -0.3 is 14.6 Å². The number of benzene rings is 1. The standard InChI is InChI=1S/C16H18N2O4/c1-9-5-7-13(8-6-9)17-15(19)12(4)21-16(20)14-10(2)18-22-11(14)3/h5-8,12H,1-4H3,(H,17,19)/t12-/m1/s1. The number of rotatable bonds is 4. The predicted octanol–water partition coefficient (Wildman–Crippen LogP) is 2.78. The number of amides is 1. The second-order valence-electron chi connectivity index (χ2n) is 5.10. The van der Waals surface area contributed by atoms with Crippen molar-refractivity contribution in [2.45, 2.75) is 33.8 Å². The zero-order chi connectivity index (χ0) is 16.3. The average molecular weight is 302 g/mol. The molecule has 0 saturated heterocycles. The summed E-state index contributed by atoms with van der Waals surface area (Å²) in [6.45, 7) is 6.73. The largest absolute Gasteiger partial charge is 0.449 e. The van der Waals surface area contributed by atoms with Gasteiger partial charge in [0.25, 0.3) is 5.91 Å². The third kappa shape index (κ3) is 3.52. The Hall–Kier alpha value is -2.63. The number of nitrogens with one attached hydrogen (secondary N) is 1. The first-order valence-electron chi connectivity index (χ1n) is 6.90. The van der Waals surface area contributed by atoms with Crippen LogP contribution in [-0.4, -0.2) is 23.1 Å². The molecule has 116 valence electrons. The predicted molar refractivity (Wildman–Crippen MR) is 80.7 cm³/mol. The van der Waals surface area contributed by atoms with Crippen molar-refractivity contribution < 1.29 is 18.8 Å². The Kier molecular flexibility index (Phi) is 4.60. The van der Waals surface area contributed by atoms with Gasteiger partial charge in [0.2, 0.25) is 0 Å². The zero-order valence-electron chi connectivity index (χ0n) is 13.0. The fourth-order valence-electron chi connectivity index (χ4n) is 1.93. The van der Waals surface area contributed by atoms with Gasteiger partial charge in [-0.25, -0.2) is 4.79 Å². The molecule has 1 amide bonds. The Morgan fingerprint density at radius 3 is 2.36 bits per heavy atom. The molecule has 0 spiro atoms. The fourth-order valence-corrected chi connectivity index (χ4v) is 1.93. The normalized spacial score (nSPS) is 11.8. The van der Waals surface area contributed by atoms with E-state index >= 15 is 0 Å². The highest BCUT2D eigenvalue weighted by Gasteiger charge is 2.24. The summed E-state index contributed by atoms with van der Waals surface area (Å²) in [5.74, 6) is -0.652. The maximum Gasteiger partial charge on any atom is 0.344 e. The first-order chi connectivity index (χ1) is 10.4. The molecule has 1 aromatic carbocycles. The van der Waals surface area contributed by atoms with E-state index in [2.05, 4.69) is 10.5 Å². The van der Waals surface area contributed by atoms with Crippen LogP contribution >= 0.6 is 0 Å². The van der Waals surface area contributed by atoms with Crippen LogP contribution in [0.5, 0.6) is 0 Å². The van der Waals surface area contributed by atoms with Crippen LogP contribution in [0.2, 0.25) is 0 Å². The topological polar surface area (TPSA) is 81.4 Å². The molecule has 0 fully saturated rings. The van der Waals surface area contributed by atoms with Gasteiger partial charge in [-0.2, -0.15) is 0 Å². The number of nitrogens with zero attached hydrogens (tertiary/aromatic N) is 1. The second kappa shape index (κ2) is 6.43. The van der Waals surface area contributed by atoms with Gasteiger partial charge in [-0.1, -0.05) is 22.9 Å². The number of hydrogen-bond acceptors (Lipinski definition) is 5. The minimum absolute atomic E-state index is 0.259. The Morgan fingerprint density at radius 1 is 1.18 bits per heavy atom. The van der Waals surface area contributed by atoms with E-state index in [1.807, 2.05) is 19.1 Å². The highest BCUT2D eigenvalue weighted by Crippen LogP contribution is 2.15. The third-order valence-electron chi connectivity index (χ3n) is 3.21. The van der Waals surface area contributed by atoms with E-state index in [9.17, 15) is 9.59 Å². The number of anilines is 1. The first kappa shape index (κ1) is 15.8. The molecule has 0 saturated carbocycles. The smallest absolute Gasteiger partial charge is 0.344 e. The van der Waals surface area contributed by atoms with E-state index in [1.54, 1.807) is 26.0 Å².